The van der Waals surface area contributed by atoms with E-state index in [0.717, 1.165) is 5.56 Å². The molecule has 0 aliphatic carbocycles. The number of pyridine rings is 1. The average molecular weight is 448 g/mol. The largest absolute Gasteiger partial charge is 0.453 e. The minimum absolute atomic E-state index is 0.0676. The van der Waals surface area contributed by atoms with Crippen LogP contribution in [-0.2, 0) is 12.8 Å². The lowest BCUT2D eigenvalue weighted by atomic mass is 10.1. The Morgan fingerprint density at radius 2 is 1.93 bits per heavy atom. The predicted octanol–water partition coefficient (Wildman–Crippen LogP) is 5.38. The Morgan fingerprint density at radius 1 is 1.19 bits per heavy atom. The van der Waals surface area contributed by atoms with Crippen LogP contribution in [0.15, 0.2) is 57.8 Å². The van der Waals surface area contributed by atoms with E-state index >= 15 is 0 Å². The number of hydrogen-bond acceptors (Lipinski definition) is 3. The van der Waals surface area contributed by atoms with E-state index < -0.39 is 11.4 Å². The van der Waals surface area contributed by atoms with E-state index in [-0.39, 0.29) is 32.3 Å². The van der Waals surface area contributed by atoms with Crippen molar-refractivity contribution >= 4 is 27.5 Å². The molecular formula is C20H13BrClFN2O2. The lowest BCUT2D eigenvalue weighted by molar-refractivity contribution is 0.430. The fourth-order valence-electron chi connectivity index (χ4n) is 2.56. The Hall–Kier alpha value is -2.62. The SMILES string of the molecule is N#Cc1cc(Cl)cc(Oc2c(F)c(CCc3ccccc3)[nH]c(=O)c2Br)c1. The number of nitrogens with zero attached hydrogens (tertiary/aromatic N) is 1. The summed E-state index contributed by atoms with van der Waals surface area (Å²) in [6.07, 6.45) is 0.859. The number of rotatable bonds is 5. The van der Waals surface area contributed by atoms with Gasteiger partial charge in [-0.3, -0.25) is 4.79 Å². The second-order valence-electron chi connectivity index (χ2n) is 5.76. The zero-order chi connectivity index (χ0) is 19.4. The Balaban J connectivity index is 1.93. The first-order valence-electron chi connectivity index (χ1n) is 8.00. The summed E-state index contributed by atoms with van der Waals surface area (Å²) in [7, 11) is 0. The fourth-order valence-corrected chi connectivity index (χ4v) is 3.14. The monoisotopic (exact) mass is 446 g/mol. The highest BCUT2D eigenvalue weighted by atomic mass is 79.9. The van der Waals surface area contributed by atoms with Crippen molar-refractivity contribution in [1.29, 1.82) is 5.26 Å². The maximum absolute atomic E-state index is 15.0. The number of benzene rings is 2. The molecule has 0 spiro atoms. The predicted molar refractivity (Wildman–Crippen MR) is 105 cm³/mol. The molecule has 27 heavy (non-hydrogen) atoms. The van der Waals surface area contributed by atoms with Crippen molar-refractivity contribution in [3.05, 3.63) is 91.0 Å². The second-order valence-corrected chi connectivity index (χ2v) is 6.99. The number of hydrogen-bond donors (Lipinski definition) is 1. The van der Waals surface area contributed by atoms with E-state index in [1.54, 1.807) is 0 Å². The molecule has 0 saturated carbocycles. The standard InChI is InChI=1S/C20H13BrClFN2O2/c21-17-19(27-15-9-13(11-24)8-14(22)10-15)18(23)16(25-20(17)26)7-6-12-4-2-1-3-5-12/h1-5,8-10H,6-7H2,(H,25,26). The van der Waals surface area contributed by atoms with Crippen molar-refractivity contribution in [2.75, 3.05) is 0 Å². The molecule has 0 amide bonds. The van der Waals surface area contributed by atoms with Crippen LogP contribution in [0.25, 0.3) is 0 Å². The molecule has 2 aromatic carbocycles. The lowest BCUT2D eigenvalue weighted by Crippen LogP contribution is -2.15. The van der Waals surface area contributed by atoms with Gasteiger partial charge in [0.05, 0.1) is 17.3 Å². The van der Waals surface area contributed by atoms with Crippen LogP contribution in [0.3, 0.4) is 0 Å². The summed E-state index contributed by atoms with van der Waals surface area (Å²) in [5, 5.41) is 9.30. The van der Waals surface area contributed by atoms with Crippen molar-refractivity contribution in [2.45, 2.75) is 12.8 Å². The zero-order valence-electron chi connectivity index (χ0n) is 13.9. The number of nitriles is 1. The molecule has 0 aliphatic heterocycles. The molecule has 1 heterocycles. The van der Waals surface area contributed by atoms with E-state index in [9.17, 15) is 9.18 Å². The van der Waals surface area contributed by atoms with Crippen LogP contribution in [-0.4, -0.2) is 4.98 Å². The second kappa shape index (κ2) is 8.38. The quantitative estimate of drug-likeness (QED) is 0.571. The summed E-state index contributed by atoms with van der Waals surface area (Å²) < 4.78 is 20.5. The van der Waals surface area contributed by atoms with Crippen molar-refractivity contribution in [2.24, 2.45) is 0 Å². The van der Waals surface area contributed by atoms with E-state index in [1.807, 2.05) is 36.4 Å². The molecule has 1 N–H and O–H groups in total. The molecule has 0 radical (unpaired) electrons. The summed E-state index contributed by atoms with van der Waals surface area (Å²) in [5.41, 5.74) is 0.932. The third-order valence-corrected chi connectivity index (χ3v) is 4.79. The van der Waals surface area contributed by atoms with Gasteiger partial charge in [0.25, 0.3) is 5.56 Å². The number of ether oxygens (including phenoxy) is 1. The number of halogens is 3. The topological polar surface area (TPSA) is 65.9 Å². The van der Waals surface area contributed by atoms with Crippen LogP contribution in [0.5, 0.6) is 11.5 Å². The first-order chi connectivity index (χ1) is 13.0. The maximum Gasteiger partial charge on any atom is 0.266 e. The highest BCUT2D eigenvalue weighted by molar-refractivity contribution is 9.10. The third-order valence-electron chi connectivity index (χ3n) is 3.85. The van der Waals surface area contributed by atoms with Gasteiger partial charge in [-0.15, -0.1) is 0 Å². The zero-order valence-corrected chi connectivity index (χ0v) is 16.3. The number of aromatic amines is 1. The molecule has 1 aromatic heterocycles. The molecule has 0 unspecified atom stereocenters. The van der Waals surface area contributed by atoms with Gasteiger partial charge < -0.3 is 9.72 Å². The minimum Gasteiger partial charge on any atom is -0.453 e. The highest BCUT2D eigenvalue weighted by Crippen LogP contribution is 2.33. The van der Waals surface area contributed by atoms with Crippen molar-refractivity contribution in [3.8, 4) is 17.6 Å². The number of aryl methyl sites for hydroxylation is 2. The van der Waals surface area contributed by atoms with Gasteiger partial charge in [0.15, 0.2) is 11.6 Å². The molecule has 4 nitrogen and oxygen atoms in total. The van der Waals surface area contributed by atoms with Crippen molar-refractivity contribution in [3.63, 3.8) is 0 Å². The summed E-state index contributed by atoms with van der Waals surface area (Å²) in [6, 6.07) is 15.8. The fraction of sp³-hybridized carbons (Fsp3) is 0.100. The number of H-pyrrole nitrogens is 1. The summed E-state index contributed by atoms with van der Waals surface area (Å²) in [5.74, 6) is -0.748. The average Bonchev–Trinajstić information content (AvgIpc) is 2.67. The van der Waals surface area contributed by atoms with Crippen LogP contribution >= 0.6 is 27.5 Å². The van der Waals surface area contributed by atoms with E-state index in [0.29, 0.717) is 12.8 Å². The first-order valence-corrected chi connectivity index (χ1v) is 9.17. The van der Waals surface area contributed by atoms with Crippen LogP contribution < -0.4 is 10.3 Å². The maximum atomic E-state index is 15.0. The van der Waals surface area contributed by atoms with Gasteiger partial charge in [0, 0.05) is 5.02 Å². The van der Waals surface area contributed by atoms with Gasteiger partial charge in [0.1, 0.15) is 10.2 Å². The minimum atomic E-state index is -0.670. The number of nitrogens with one attached hydrogen (secondary N) is 1. The molecule has 0 fully saturated rings. The Bertz CT molecular complexity index is 1080. The smallest absolute Gasteiger partial charge is 0.266 e. The van der Waals surface area contributed by atoms with E-state index in [1.165, 1.54) is 18.2 Å². The van der Waals surface area contributed by atoms with Gasteiger partial charge in [-0.1, -0.05) is 41.9 Å². The third kappa shape index (κ3) is 4.57. The van der Waals surface area contributed by atoms with Crippen LogP contribution in [0.1, 0.15) is 16.8 Å². The molecular weight excluding hydrogens is 435 g/mol. The van der Waals surface area contributed by atoms with Crippen LogP contribution in [0.4, 0.5) is 4.39 Å². The van der Waals surface area contributed by atoms with Gasteiger partial charge in [0.2, 0.25) is 0 Å². The summed E-state index contributed by atoms with van der Waals surface area (Å²) in [6.45, 7) is 0. The van der Waals surface area contributed by atoms with Gasteiger partial charge in [-0.05, 0) is 52.5 Å². The molecule has 0 aliphatic rings. The Labute approximate surface area is 168 Å². The van der Waals surface area contributed by atoms with E-state index in [2.05, 4.69) is 20.9 Å². The van der Waals surface area contributed by atoms with E-state index in [4.69, 9.17) is 21.6 Å². The highest BCUT2D eigenvalue weighted by Gasteiger charge is 2.19. The summed E-state index contributed by atoms with van der Waals surface area (Å²) in [4.78, 5) is 14.7. The van der Waals surface area contributed by atoms with Gasteiger partial charge in [-0.25, -0.2) is 4.39 Å². The normalized spacial score (nSPS) is 10.4. The van der Waals surface area contributed by atoms with Gasteiger partial charge in [-0.2, -0.15) is 5.26 Å². The van der Waals surface area contributed by atoms with Gasteiger partial charge >= 0.3 is 0 Å². The molecule has 7 heteroatoms. The van der Waals surface area contributed by atoms with Crippen molar-refractivity contribution in [1.82, 2.24) is 4.98 Å². The lowest BCUT2D eigenvalue weighted by Gasteiger charge is -2.12. The molecule has 3 rings (SSSR count). The molecule has 3 aromatic rings. The molecule has 0 bridgehead atoms. The Kier molecular flexibility index (Phi) is 5.94. The summed E-state index contributed by atoms with van der Waals surface area (Å²) >= 11 is 9.02. The van der Waals surface area contributed by atoms with Crippen LogP contribution in [0.2, 0.25) is 5.02 Å². The van der Waals surface area contributed by atoms with Crippen LogP contribution in [0, 0.1) is 17.1 Å². The first kappa shape index (κ1) is 19.2. The molecule has 136 valence electrons. The molecule has 0 atom stereocenters. The molecule has 0 saturated heterocycles. The Morgan fingerprint density at radius 3 is 2.63 bits per heavy atom. The number of aromatic nitrogens is 1. The van der Waals surface area contributed by atoms with Crippen molar-refractivity contribution < 1.29 is 9.13 Å².